The molecular formula is C17H16N4O. The molecule has 1 amide bonds. The number of carbonyl (C=O) groups is 1. The van der Waals surface area contributed by atoms with Crippen LogP contribution in [0.5, 0.6) is 0 Å². The maximum atomic E-state index is 12.7. The van der Waals surface area contributed by atoms with Crippen molar-refractivity contribution in [2.75, 3.05) is 13.1 Å². The molecule has 0 saturated carbocycles. The highest BCUT2D eigenvalue weighted by atomic mass is 16.2. The number of rotatable bonds is 2. The Labute approximate surface area is 128 Å². The van der Waals surface area contributed by atoms with Crippen molar-refractivity contribution in [3.05, 3.63) is 60.4 Å². The van der Waals surface area contributed by atoms with Gasteiger partial charge in [-0.05, 0) is 29.3 Å². The number of benzene rings is 2. The van der Waals surface area contributed by atoms with Gasteiger partial charge in [-0.25, -0.2) is 4.68 Å². The van der Waals surface area contributed by atoms with Crippen LogP contribution in [0.1, 0.15) is 22.8 Å². The van der Waals surface area contributed by atoms with E-state index in [0.717, 1.165) is 29.3 Å². The second-order valence-electron chi connectivity index (χ2n) is 5.64. The molecule has 22 heavy (non-hydrogen) atoms. The summed E-state index contributed by atoms with van der Waals surface area (Å²) >= 11 is 0. The molecule has 5 heteroatoms. The van der Waals surface area contributed by atoms with E-state index in [1.165, 1.54) is 0 Å². The van der Waals surface area contributed by atoms with Crippen molar-refractivity contribution >= 4 is 16.7 Å². The monoisotopic (exact) mass is 292 g/mol. The number of nitrogens with zero attached hydrogens (tertiary/aromatic N) is 4. The van der Waals surface area contributed by atoms with Crippen LogP contribution in [-0.4, -0.2) is 38.9 Å². The van der Waals surface area contributed by atoms with Gasteiger partial charge in [0.05, 0.1) is 12.2 Å². The Morgan fingerprint density at radius 3 is 2.82 bits per heavy atom. The van der Waals surface area contributed by atoms with Crippen LogP contribution in [0.2, 0.25) is 0 Å². The summed E-state index contributed by atoms with van der Waals surface area (Å²) in [4.78, 5) is 14.6. The number of carbonyl (C=O) groups excluding carboxylic acids is 1. The molecule has 0 radical (unpaired) electrons. The van der Waals surface area contributed by atoms with Crippen LogP contribution in [0.4, 0.5) is 0 Å². The molecular weight excluding hydrogens is 276 g/mol. The van der Waals surface area contributed by atoms with Gasteiger partial charge in [-0.1, -0.05) is 35.5 Å². The Bertz CT molecular complexity index is 812. The van der Waals surface area contributed by atoms with Crippen LogP contribution in [0, 0.1) is 0 Å². The van der Waals surface area contributed by atoms with E-state index in [2.05, 4.69) is 16.4 Å². The zero-order valence-corrected chi connectivity index (χ0v) is 12.1. The highest BCUT2D eigenvalue weighted by Gasteiger charge is 2.28. The van der Waals surface area contributed by atoms with E-state index in [1.807, 2.05) is 52.2 Å². The molecule has 1 atom stereocenters. The fraction of sp³-hybridized carbons (Fsp3) is 0.235. The molecule has 2 aromatic carbocycles. The maximum absolute atomic E-state index is 12.7. The van der Waals surface area contributed by atoms with Gasteiger partial charge in [-0.3, -0.25) is 4.79 Å². The molecule has 0 bridgehead atoms. The first-order chi connectivity index (χ1) is 10.8. The molecule has 4 rings (SSSR count). The smallest absolute Gasteiger partial charge is 0.253 e. The zero-order valence-electron chi connectivity index (χ0n) is 12.1. The normalized spacial score (nSPS) is 18.0. The fourth-order valence-electron chi connectivity index (χ4n) is 3.06. The van der Waals surface area contributed by atoms with E-state index in [4.69, 9.17) is 0 Å². The Morgan fingerprint density at radius 2 is 2.00 bits per heavy atom. The van der Waals surface area contributed by atoms with Crippen molar-refractivity contribution in [2.45, 2.75) is 12.5 Å². The summed E-state index contributed by atoms with van der Waals surface area (Å²) in [5, 5.41) is 10.1. The van der Waals surface area contributed by atoms with Gasteiger partial charge >= 0.3 is 0 Å². The average Bonchev–Trinajstić information content (AvgIpc) is 3.24. The molecule has 0 N–H and O–H groups in total. The molecule has 5 nitrogen and oxygen atoms in total. The van der Waals surface area contributed by atoms with Crippen molar-refractivity contribution < 1.29 is 4.79 Å². The van der Waals surface area contributed by atoms with Gasteiger partial charge in [0.2, 0.25) is 0 Å². The summed E-state index contributed by atoms with van der Waals surface area (Å²) in [5.74, 6) is 0.0911. The first-order valence-corrected chi connectivity index (χ1v) is 7.45. The molecule has 1 aromatic heterocycles. The molecule has 1 unspecified atom stereocenters. The largest absolute Gasteiger partial charge is 0.336 e. The lowest BCUT2D eigenvalue weighted by atomic mass is 10.1. The van der Waals surface area contributed by atoms with Crippen molar-refractivity contribution in [3.8, 4) is 0 Å². The van der Waals surface area contributed by atoms with Crippen LogP contribution in [0.25, 0.3) is 10.8 Å². The lowest BCUT2D eigenvalue weighted by Crippen LogP contribution is -2.29. The number of amides is 1. The zero-order chi connectivity index (χ0) is 14.9. The average molecular weight is 292 g/mol. The number of hydrogen-bond donors (Lipinski definition) is 0. The van der Waals surface area contributed by atoms with Gasteiger partial charge in [-0.2, -0.15) is 0 Å². The van der Waals surface area contributed by atoms with Crippen LogP contribution >= 0.6 is 0 Å². The van der Waals surface area contributed by atoms with E-state index >= 15 is 0 Å². The number of fused-ring (bicyclic) bond motifs is 1. The highest BCUT2D eigenvalue weighted by Crippen LogP contribution is 2.23. The molecule has 0 spiro atoms. The summed E-state index contributed by atoms with van der Waals surface area (Å²) in [6.07, 6.45) is 4.45. The summed E-state index contributed by atoms with van der Waals surface area (Å²) in [6.45, 7) is 1.45. The minimum Gasteiger partial charge on any atom is -0.336 e. The minimum atomic E-state index is 0.0911. The van der Waals surface area contributed by atoms with Crippen LogP contribution in [-0.2, 0) is 0 Å². The van der Waals surface area contributed by atoms with E-state index in [-0.39, 0.29) is 11.9 Å². The van der Waals surface area contributed by atoms with Gasteiger partial charge in [0.1, 0.15) is 0 Å². The molecule has 1 aliphatic heterocycles. The molecule has 3 aromatic rings. The maximum Gasteiger partial charge on any atom is 0.253 e. The fourth-order valence-corrected chi connectivity index (χ4v) is 3.06. The van der Waals surface area contributed by atoms with Crippen molar-refractivity contribution in [1.82, 2.24) is 19.9 Å². The number of hydrogen-bond acceptors (Lipinski definition) is 3. The first-order valence-electron chi connectivity index (χ1n) is 7.45. The second kappa shape index (κ2) is 5.26. The van der Waals surface area contributed by atoms with Crippen molar-refractivity contribution in [1.29, 1.82) is 0 Å². The SMILES string of the molecule is O=C(c1ccc2ccccc2c1)N1CCC(n2ccnn2)C1. The third kappa shape index (κ3) is 2.24. The quantitative estimate of drug-likeness (QED) is 0.729. The van der Waals surface area contributed by atoms with E-state index < -0.39 is 0 Å². The van der Waals surface area contributed by atoms with Crippen molar-refractivity contribution in [2.24, 2.45) is 0 Å². The topological polar surface area (TPSA) is 51.0 Å². The van der Waals surface area contributed by atoms with Crippen LogP contribution in [0.15, 0.2) is 54.9 Å². The van der Waals surface area contributed by atoms with Gasteiger partial charge < -0.3 is 4.90 Å². The van der Waals surface area contributed by atoms with E-state index in [9.17, 15) is 4.79 Å². The standard InChI is InChI=1S/C17H16N4O/c22-17(15-6-5-13-3-1-2-4-14(13)11-15)20-9-7-16(12-20)21-10-8-18-19-21/h1-6,8,10-11,16H,7,9,12H2. The summed E-state index contributed by atoms with van der Waals surface area (Å²) < 4.78 is 1.84. The molecule has 2 heterocycles. The minimum absolute atomic E-state index is 0.0911. The predicted molar refractivity (Wildman–Crippen MR) is 83.5 cm³/mol. The lowest BCUT2D eigenvalue weighted by molar-refractivity contribution is 0.0787. The van der Waals surface area contributed by atoms with Gasteiger partial charge in [0.25, 0.3) is 5.91 Å². The Hall–Kier alpha value is -2.69. The first kappa shape index (κ1) is 13.0. The lowest BCUT2D eigenvalue weighted by Gasteiger charge is -2.17. The van der Waals surface area contributed by atoms with E-state index in [1.54, 1.807) is 6.20 Å². The highest BCUT2D eigenvalue weighted by molar-refractivity contribution is 5.98. The Kier molecular flexibility index (Phi) is 3.11. The Balaban J connectivity index is 1.56. The third-order valence-electron chi connectivity index (χ3n) is 4.26. The summed E-state index contributed by atoms with van der Waals surface area (Å²) in [5.41, 5.74) is 0.748. The molecule has 1 fully saturated rings. The van der Waals surface area contributed by atoms with Crippen LogP contribution < -0.4 is 0 Å². The van der Waals surface area contributed by atoms with Gasteiger partial charge in [0.15, 0.2) is 0 Å². The predicted octanol–water partition coefficient (Wildman–Crippen LogP) is 2.52. The third-order valence-corrected chi connectivity index (χ3v) is 4.26. The molecule has 110 valence electrons. The van der Waals surface area contributed by atoms with Crippen LogP contribution in [0.3, 0.4) is 0 Å². The number of likely N-dealkylation sites (tertiary alicyclic amines) is 1. The van der Waals surface area contributed by atoms with Crippen molar-refractivity contribution in [3.63, 3.8) is 0 Å². The molecule has 1 saturated heterocycles. The van der Waals surface area contributed by atoms with Gasteiger partial charge in [-0.15, -0.1) is 5.10 Å². The molecule has 0 aliphatic carbocycles. The van der Waals surface area contributed by atoms with E-state index in [0.29, 0.717) is 6.54 Å². The summed E-state index contributed by atoms with van der Waals surface area (Å²) in [7, 11) is 0. The van der Waals surface area contributed by atoms with Gasteiger partial charge in [0, 0.05) is 24.8 Å². The number of aromatic nitrogens is 3. The Morgan fingerprint density at radius 1 is 1.14 bits per heavy atom. The summed E-state index contributed by atoms with van der Waals surface area (Å²) in [6, 6.07) is 14.2. The second-order valence-corrected chi connectivity index (χ2v) is 5.64. The molecule has 1 aliphatic rings.